The third kappa shape index (κ3) is 2.93. The third-order valence-electron chi connectivity index (χ3n) is 3.09. The van der Waals surface area contributed by atoms with Gasteiger partial charge in [0.05, 0.1) is 11.8 Å². The quantitative estimate of drug-likeness (QED) is 0.567. The summed E-state index contributed by atoms with van der Waals surface area (Å²) in [5.41, 5.74) is 3.66. The number of alkyl halides is 3. The van der Waals surface area contributed by atoms with Crippen molar-refractivity contribution in [2.75, 3.05) is 5.43 Å². The Labute approximate surface area is 123 Å². The summed E-state index contributed by atoms with van der Waals surface area (Å²) in [4.78, 5) is 6.77. The molecule has 22 heavy (non-hydrogen) atoms. The second kappa shape index (κ2) is 5.51. The molecule has 3 rings (SSSR count). The number of hydrazone groups is 1. The van der Waals surface area contributed by atoms with E-state index in [9.17, 15) is 13.2 Å². The maximum Gasteiger partial charge on any atom is 0.417 e. The maximum absolute atomic E-state index is 12.4. The predicted octanol–water partition coefficient (Wildman–Crippen LogP) is 4.03. The highest BCUT2D eigenvalue weighted by molar-refractivity contribution is 5.99. The molecular weight excluding hydrogens is 293 g/mol. The zero-order valence-corrected chi connectivity index (χ0v) is 11.2. The molecule has 0 aliphatic heterocycles. The van der Waals surface area contributed by atoms with Crippen molar-refractivity contribution in [3.05, 3.63) is 59.9 Å². The third-order valence-corrected chi connectivity index (χ3v) is 3.09. The van der Waals surface area contributed by atoms with Crippen molar-refractivity contribution in [3.8, 4) is 0 Å². The summed E-state index contributed by atoms with van der Waals surface area (Å²) in [5, 5.41) is 5.00. The average Bonchev–Trinajstić information content (AvgIpc) is 2.90. The molecule has 2 aromatic heterocycles. The zero-order chi connectivity index (χ0) is 15.6. The number of benzene rings is 1. The average molecular weight is 304 g/mol. The molecule has 0 saturated carbocycles. The number of para-hydroxylation sites is 1. The summed E-state index contributed by atoms with van der Waals surface area (Å²) in [6.45, 7) is 0. The largest absolute Gasteiger partial charge is 0.417 e. The normalized spacial score (nSPS) is 12.1. The molecule has 0 atom stereocenters. The molecule has 1 aromatic carbocycles. The fraction of sp³-hybridized carbons (Fsp3) is 0.0667. The van der Waals surface area contributed by atoms with E-state index in [2.05, 4.69) is 20.5 Å². The van der Waals surface area contributed by atoms with Gasteiger partial charge in [0.2, 0.25) is 0 Å². The van der Waals surface area contributed by atoms with Gasteiger partial charge in [-0.1, -0.05) is 18.2 Å². The first-order valence-electron chi connectivity index (χ1n) is 6.42. The summed E-state index contributed by atoms with van der Waals surface area (Å²) in [5.74, 6) is 0.240. The van der Waals surface area contributed by atoms with Crippen LogP contribution in [0.3, 0.4) is 0 Å². The molecule has 0 amide bonds. The van der Waals surface area contributed by atoms with Gasteiger partial charge in [-0.2, -0.15) is 18.3 Å². The number of nitrogens with zero attached hydrogens (tertiary/aromatic N) is 2. The minimum atomic E-state index is -4.39. The van der Waals surface area contributed by atoms with Gasteiger partial charge in [-0.15, -0.1) is 0 Å². The van der Waals surface area contributed by atoms with Crippen molar-refractivity contribution in [1.82, 2.24) is 9.97 Å². The van der Waals surface area contributed by atoms with Crippen LogP contribution in [-0.4, -0.2) is 16.2 Å². The van der Waals surface area contributed by atoms with Gasteiger partial charge in [-0.05, 0) is 18.2 Å². The molecule has 2 N–H and O–H groups in total. The van der Waals surface area contributed by atoms with E-state index in [1.807, 2.05) is 24.3 Å². The van der Waals surface area contributed by atoms with Crippen molar-refractivity contribution < 1.29 is 13.2 Å². The second-order valence-corrected chi connectivity index (χ2v) is 4.59. The molecule has 0 bridgehead atoms. The highest BCUT2D eigenvalue weighted by Crippen LogP contribution is 2.28. The number of pyridine rings is 1. The molecule has 0 radical (unpaired) electrons. The van der Waals surface area contributed by atoms with Crippen LogP contribution in [0.4, 0.5) is 19.0 Å². The molecule has 112 valence electrons. The Kier molecular flexibility index (Phi) is 3.54. The lowest BCUT2D eigenvalue weighted by Gasteiger charge is -2.06. The number of aromatic nitrogens is 2. The molecule has 7 heteroatoms. The summed E-state index contributed by atoms with van der Waals surface area (Å²) < 4.78 is 37.2. The van der Waals surface area contributed by atoms with Crippen molar-refractivity contribution >= 4 is 22.9 Å². The lowest BCUT2D eigenvalue weighted by atomic mass is 10.2. The van der Waals surface area contributed by atoms with Crippen LogP contribution < -0.4 is 5.43 Å². The van der Waals surface area contributed by atoms with Gasteiger partial charge in [0.25, 0.3) is 0 Å². The molecule has 0 fully saturated rings. The van der Waals surface area contributed by atoms with Gasteiger partial charge in [0.1, 0.15) is 5.82 Å². The highest BCUT2D eigenvalue weighted by atomic mass is 19.4. The van der Waals surface area contributed by atoms with Gasteiger partial charge in [0, 0.05) is 28.9 Å². The lowest BCUT2D eigenvalue weighted by molar-refractivity contribution is -0.137. The van der Waals surface area contributed by atoms with E-state index >= 15 is 0 Å². The van der Waals surface area contributed by atoms with Crippen molar-refractivity contribution in [3.63, 3.8) is 0 Å². The first-order valence-corrected chi connectivity index (χ1v) is 6.42. The Balaban J connectivity index is 1.72. The molecule has 0 aliphatic rings. The number of hydrogen-bond donors (Lipinski definition) is 2. The molecule has 0 saturated heterocycles. The summed E-state index contributed by atoms with van der Waals surface area (Å²) in [6, 6.07) is 9.91. The number of anilines is 1. The van der Waals surface area contributed by atoms with Crippen molar-refractivity contribution in [1.29, 1.82) is 0 Å². The Morgan fingerprint density at radius 3 is 2.68 bits per heavy atom. The number of rotatable bonds is 3. The van der Waals surface area contributed by atoms with E-state index in [-0.39, 0.29) is 5.82 Å². The number of H-pyrrole nitrogens is 1. The van der Waals surface area contributed by atoms with Gasteiger partial charge >= 0.3 is 6.18 Å². The minimum Gasteiger partial charge on any atom is -0.361 e. The van der Waals surface area contributed by atoms with Crippen LogP contribution in [0.2, 0.25) is 0 Å². The molecule has 0 aliphatic carbocycles. The smallest absolute Gasteiger partial charge is 0.361 e. The Morgan fingerprint density at radius 1 is 1.14 bits per heavy atom. The van der Waals surface area contributed by atoms with Gasteiger partial charge in [-0.3, -0.25) is 5.43 Å². The van der Waals surface area contributed by atoms with Crippen LogP contribution in [0.1, 0.15) is 11.1 Å². The maximum atomic E-state index is 12.4. The SMILES string of the molecule is FC(F)(F)c1ccc(NN=Cc2c[nH]c3ccccc23)nc1. The fourth-order valence-corrected chi connectivity index (χ4v) is 2.00. The van der Waals surface area contributed by atoms with Gasteiger partial charge in [-0.25, -0.2) is 4.98 Å². The molecule has 0 spiro atoms. The monoisotopic (exact) mass is 304 g/mol. The van der Waals surface area contributed by atoms with Crippen molar-refractivity contribution in [2.45, 2.75) is 6.18 Å². The molecule has 4 nitrogen and oxygen atoms in total. The summed E-state index contributed by atoms with van der Waals surface area (Å²) in [6.07, 6.45) is -0.239. The van der Waals surface area contributed by atoms with Crippen LogP contribution in [-0.2, 0) is 6.18 Å². The van der Waals surface area contributed by atoms with Gasteiger partial charge in [0.15, 0.2) is 0 Å². The summed E-state index contributed by atoms with van der Waals surface area (Å²) >= 11 is 0. The number of nitrogens with one attached hydrogen (secondary N) is 2. The molecule has 0 unspecified atom stereocenters. The molecular formula is C15H11F3N4. The van der Waals surface area contributed by atoms with E-state index in [1.165, 1.54) is 6.07 Å². The minimum absolute atomic E-state index is 0.240. The van der Waals surface area contributed by atoms with Crippen molar-refractivity contribution in [2.24, 2.45) is 5.10 Å². The van der Waals surface area contributed by atoms with E-state index in [4.69, 9.17) is 0 Å². The number of fused-ring (bicyclic) bond motifs is 1. The van der Waals surface area contributed by atoms with Crippen LogP contribution in [0.25, 0.3) is 10.9 Å². The number of halogens is 3. The van der Waals surface area contributed by atoms with E-state index in [1.54, 1.807) is 12.4 Å². The number of hydrogen-bond acceptors (Lipinski definition) is 3. The van der Waals surface area contributed by atoms with E-state index in [0.717, 1.165) is 28.7 Å². The van der Waals surface area contributed by atoms with E-state index in [0.29, 0.717) is 0 Å². The lowest BCUT2D eigenvalue weighted by Crippen LogP contribution is -2.05. The zero-order valence-electron chi connectivity index (χ0n) is 11.2. The van der Waals surface area contributed by atoms with Crippen LogP contribution in [0, 0.1) is 0 Å². The second-order valence-electron chi connectivity index (χ2n) is 4.59. The summed E-state index contributed by atoms with van der Waals surface area (Å²) in [7, 11) is 0. The van der Waals surface area contributed by atoms with Crippen LogP contribution >= 0.6 is 0 Å². The van der Waals surface area contributed by atoms with Crippen LogP contribution in [0.5, 0.6) is 0 Å². The van der Waals surface area contributed by atoms with Crippen LogP contribution in [0.15, 0.2) is 53.9 Å². The first kappa shape index (κ1) is 14.1. The topological polar surface area (TPSA) is 53.1 Å². The van der Waals surface area contributed by atoms with Gasteiger partial charge < -0.3 is 4.98 Å². The number of aromatic amines is 1. The van der Waals surface area contributed by atoms with E-state index < -0.39 is 11.7 Å². The Hall–Kier alpha value is -2.83. The standard InChI is InChI=1S/C15H11F3N4/c16-15(17,18)11-5-6-14(20-9-11)22-21-8-10-7-19-13-4-2-1-3-12(10)13/h1-9,19H,(H,20,22). The molecule has 3 aromatic rings. The molecule has 2 heterocycles. The first-order chi connectivity index (χ1) is 10.5. The highest BCUT2D eigenvalue weighted by Gasteiger charge is 2.30. The Bertz CT molecular complexity index is 804. The fourth-order valence-electron chi connectivity index (χ4n) is 2.00. The Morgan fingerprint density at radius 2 is 1.95 bits per heavy atom. The predicted molar refractivity (Wildman–Crippen MR) is 78.8 cm³/mol.